The summed E-state index contributed by atoms with van der Waals surface area (Å²) in [6.07, 6.45) is 6.44. The van der Waals surface area contributed by atoms with Gasteiger partial charge in [0.2, 0.25) is 0 Å². The van der Waals surface area contributed by atoms with E-state index in [4.69, 9.17) is 0 Å². The maximum absolute atomic E-state index is 14.1. The summed E-state index contributed by atoms with van der Waals surface area (Å²) < 4.78 is 14.1. The second-order valence-corrected chi connectivity index (χ2v) is 4.84. The molecule has 0 saturated heterocycles. The van der Waals surface area contributed by atoms with Gasteiger partial charge in [-0.3, -0.25) is 4.98 Å². The van der Waals surface area contributed by atoms with Crippen molar-refractivity contribution in [1.82, 2.24) is 4.98 Å². The number of hydrogen-bond donors (Lipinski definition) is 2. The Morgan fingerprint density at radius 2 is 2.00 bits per heavy atom. The van der Waals surface area contributed by atoms with Gasteiger partial charge in [0.1, 0.15) is 5.75 Å². The van der Waals surface area contributed by atoms with Crippen LogP contribution in [0.25, 0.3) is 12.2 Å². The van der Waals surface area contributed by atoms with Crippen molar-refractivity contribution in [3.63, 3.8) is 0 Å². The lowest BCUT2D eigenvalue weighted by Crippen LogP contribution is -1.94. The average molecular weight is 273 g/mol. The fourth-order valence-electron chi connectivity index (χ4n) is 2.02. The van der Waals surface area contributed by atoms with Gasteiger partial charge in [0.05, 0.1) is 0 Å². The molecule has 0 bridgehead atoms. The van der Waals surface area contributed by atoms with Crippen LogP contribution in [0.2, 0.25) is 0 Å². The van der Waals surface area contributed by atoms with Crippen molar-refractivity contribution in [3.05, 3.63) is 53.1 Å². The molecule has 0 fully saturated rings. The van der Waals surface area contributed by atoms with Gasteiger partial charge in [-0.15, -0.1) is 0 Å². The summed E-state index contributed by atoms with van der Waals surface area (Å²) >= 11 is 0. The first kappa shape index (κ1) is 14.1. The number of halogens is 1. The monoisotopic (exact) mass is 273 g/mol. The largest absolute Gasteiger partial charge is 0.507 e. The predicted molar refractivity (Wildman–Crippen MR) is 77.0 cm³/mol. The highest BCUT2D eigenvalue weighted by Crippen LogP contribution is 2.38. The van der Waals surface area contributed by atoms with Crippen LogP contribution in [0.1, 0.15) is 36.5 Å². The maximum Gasteiger partial charge on any atom is 0.172 e. The highest BCUT2D eigenvalue weighted by Gasteiger charge is 2.18. The molecule has 4 heteroatoms. The van der Waals surface area contributed by atoms with Gasteiger partial charge >= 0.3 is 0 Å². The van der Waals surface area contributed by atoms with Crippen molar-refractivity contribution in [2.45, 2.75) is 19.8 Å². The van der Waals surface area contributed by atoms with E-state index in [0.717, 1.165) is 5.56 Å². The summed E-state index contributed by atoms with van der Waals surface area (Å²) in [5, 5.41) is 19.7. The fourth-order valence-corrected chi connectivity index (χ4v) is 2.02. The minimum Gasteiger partial charge on any atom is -0.507 e. The molecule has 2 rings (SSSR count). The molecule has 0 aliphatic carbocycles. The normalized spacial score (nSPS) is 11.4. The third-order valence-corrected chi connectivity index (χ3v) is 3.00. The lowest BCUT2D eigenvalue weighted by Gasteiger charge is -2.13. The summed E-state index contributed by atoms with van der Waals surface area (Å²) in [5.74, 6) is -1.50. The molecule has 20 heavy (non-hydrogen) atoms. The SMILES string of the molecule is CC(C)c1c(O)cc(/C=C/c2cccnc2)c(F)c1O. The summed E-state index contributed by atoms with van der Waals surface area (Å²) in [4.78, 5) is 3.95. The third-order valence-electron chi connectivity index (χ3n) is 3.00. The van der Waals surface area contributed by atoms with Crippen LogP contribution >= 0.6 is 0 Å². The van der Waals surface area contributed by atoms with E-state index >= 15 is 0 Å². The molecule has 2 N–H and O–H groups in total. The molecular formula is C16H16FNO2. The molecule has 0 saturated carbocycles. The Morgan fingerprint density at radius 1 is 1.25 bits per heavy atom. The van der Waals surface area contributed by atoms with E-state index in [1.807, 2.05) is 6.07 Å². The van der Waals surface area contributed by atoms with Crippen molar-refractivity contribution in [2.75, 3.05) is 0 Å². The van der Waals surface area contributed by atoms with Crippen molar-refractivity contribution in [3.8, 4) is 11.5 Å². The fraction of sp³-hybridized carbons (Fsp3) is 0.188. The molecule has 104 valence electrons. The number of phenols is 2. The zero-order valence-corrected chi connectivity index (χ0v) is 11.3. The first-order valence-electron chi connectivity index (χ1n) is 6.33. The number of rotatable bonds is 3. The Kier molecular flexibility index (Phi) is 4.03. The molecule has 3 nitrogen and oxygen atoms in total. The second-order valence-electron chi connectivity index (χ2n) is 4.84. The molecule has 0 aliphatic rings. The summed E-state index contributed by atoms with van der Waals surface area (Å²) in [7, 11) is 0. The Labute approximate surface area is 117 Å². The lowest BCUT2D eigenvalue weighted by atomic mass is 9.98. The molecule has 0 unspecified atom stereocenters. The van der Waals surface area contributed by atoms with Crippen LogP contribution in [-0.4, -0.2) is 15.2 Å². The Hall–Kier alpha value is -2.36. The summed E-state index contributed by atoms with van der Waals surface area (Å²) in [6, 6.07) is 4.91. The quantitative estimate of drug-likeness (QED) is 0.891. The molecule has 1 aromatic heterocycles. The zero-order valence-electron chi connectivity index (χ0n) is 11.3. The smallest absolute Gasteiger partial charge is 0.172 e. The van der Waals surface area contributed by atoms with Crippen LogP contribution in [0.3, 0.4) is 0 Å². The number of benzene rings is 1. The minimum absolute atomic E-state index is 0.107. The van der Waals surface area contributed by atoms with E-state index in [1.54, 1.807) is 38.4 Å². The molecule has 0 atom stereocenters. The van der Waals surface area contributed by atoms with Crippen LogP contribution in [0.4, 0.5) is 4.39 Å². The molecule has 1 heterocycles. The van der Waals surface area contributed by atoms with E-state index in [2.05, 4.69) is 4.98 Å². The predicted octanol–water partition coefficient (Wildman–Crippen LogP) is 3.93. The molecule has 1 aromatic carbocycles. The highest BCUT2D eigenvalue weighted by molar-refractivity contribution is 5.72. The van der Waals surface area contributed by atoms with Crippen LogP contribution in [0.5, 0.6) is 11.5 Å². The molecule has 0 aliphatic heterocycles. The van der Waals surface area contributed by atoms with Crippen LogP contribution in [0.15, 0.2) is 30.6 Å². The minimum atomic E-state index is -0.730. The van der Waals surface area contributed by atoms with E-state index in [0.29, 0.717) is 0 Å². The Morgan fingerprint density at radius 3 is 2.60 bits per heavy atom. The maximum atomic E-state index is 14.1. The van der Waals surface area contributed by atoms with Gasteiger partial charge in [-0.25, -0.2) is 4.39 Å². The molecule has 2 aromatic rings. The second kappa shape index (κ2) is 5.74. The van der Waals surface area contributed by atoms with E-state index in [1.165, 1.54) is 12.1 Å². The van der Waals surface area contributed by atoms with Crippen LogP contribution in [-0.2, 0) is 0 Å². The first-order valence-corrected chi connectivity index (χ1v) is 6.33. The van der Waals surface area contributed by atoms with Crippen molar-refractivity contribution < 1.29 is 14.6 Å². The summed E-state index contributed by atoms with van der Waals surface area (Å²) in [5.41, 5.74) is 1.16. The molecule has 0 spiro atoms. The molecule has 0 amide bonds. The Bertz CT molecular complexity index is 637. The topological polar surface area (TPSA) is 53.4 Å². The number of aromatic hydroxyl groups is 2. The average Bonchev–Trinajstić information content (AvgIpc) is 2.42. The van der Waals surface area contributed by atoms with Crippen molar-refractivity contribution >= 4 is 12.2 Å². The highest BCUT2D eigenvalue weighted by atomic mass is 19.1. The van der Waals surface area contributed by atoms with Gasteiger partial charge in [-0.2, -0.15) is 0 Å². The number of pyridine rings is 1. The number of hydrogen-bond acceptors (Lipinski definition) is 3. The molecule has 0 radical (unpaired) electrons. The standard InChI is InChI=1S/C16H16FNO2/c1-10(2)14-13(19)8-12(15(17)16(14)20)6-5-11-4-3-7-18-9-11/h3-10,19-20H,1-2H3/b6-5+. The van der Waals surface area contributed by atoms with Gasteiger partial charge in [0.15, 0.2) is 11.6 Å². The molecular weight excluding hydrogens is 257 g/mol. The van der Waals surface area contributed by atoms with Gasteiger partial charge in [0.25, 0.3) is 0 Å². The van der Waals surface area contributed by atoms with Crippen molar-refractivity contribution in [1.29, 1.82) is 0 Å². The summed E-state index contributed by atoms with van der Waals surface area (Å²) in [6.45, 7) is 3.55. The third kappa shape index (κ3) is 2.79. The number of aromatic nitrogens is 1. The van der Waals surface area contributed by atoms with Gasteiger partial charge in [-0.05, 0) is 23.6 Å². The Balaban J connectivity index is 2.42. The zero-order chi connectivity index (χ0) is 14.7. The number of phenolic OH excluding ortho intramolecular Hbond substituents is 2. The van der Waals surface area contributed by atoms with Crippen molar-refractivity contribution in [2.24, 2.45) is 0 Å². The first-order chi connectivity index (χ1) is 9.50. The van der Waals surface area contributed by atoms with Gasteiger partial charge < -0.3 is 10.2 Å². The van der Waals surface area contributed by atoms with E-state index in [9.17, 15) is 14.6 Å². The van der Waals surface area contributed by atoms with E-state index < -0.39 is 11.6 Å². The van der Waals surface area contributed by atoms with Crippen LogP contribution in [0, 0.1) is 5.82 Å². The van der Waals surface area contributed by atoms with Crippen LogP contribution < -0.4 is 0 Å². The number of nitrogens with zero attached hydrogens (tertiary/aromatic N) is 1. The van der Waals surface area contributed by atoms with E-state index in [-0.39, 0.29) is 22.8 Å². The van der Waals surface area contributed by atoms with Gasteiger partial charge in [0, 0.05) is 23.5 Å². The lowest BCUT2D eigenvalue weighted by molar-refractivity contribution is 0.404. The van der Waals surface area contributed by atoms with Gasteiger partial charge in [-0.1, -0.05) is 32.1 Å².